The number of aromatic nitrogens is 4. The third kappa shape index (κ3) is 3.70. The summed E-state index contributed by atoms with van der Waals surface area (Å²) in [7, 11) is 1.84. The van der Waals surface area contributed by atoms with Crippen LogP contribution in [0.2, 0.25) is 5.02 Å². The Morgan fingerprint density at radius 2 is 2.26 bits per heavy atom. The molecule has 2 N–H and O–H groups in total. The Bertz CT molecular complexity index is 717. The van der Waals surface area contributed by atoms with Gasteiger partial charge in [-0.25, -0.2) is 4.98 Å². The molecule has 1 aliphatic rings. The minimum Gasteiger partial charge on any atom is -0.364 e. The highest BCUT2D eigenvalue weighted by Gasteiger charge is 2.25. The van der Waals surface area contributed by atoms with E-state index in [4.69, 9.17) is 11.6 Å². The summed E-state index contributed by atoms with van der Waals surface area (Å²) in [6, 6.07) is 0.137. The van der Waals surface area contributed by atoms with E-state index in [1.807, 2.05) is 18.1 Å². The second kappa shape index (κ2) is 6.41. The molecule has 1 amide bonds. The molecule has 1 atom stereocenters. The zero-order valence-electron chi connectivity index (χ0n) is 13.0. The van der Waals surface area contributed by atoms with Gasteiger partial charge in [-0.15, -0.1) is 0 Å². The molecule has 0 aliphatic carbocycles. The van der Waals surface area contributed by atoms with Crippen molar-refractivity contribution in [1.29, 1.82) is 0 Å². The summed E-state index contributed by atoms with van der Waals surface area (Å²) in [5.41, 5.74) is 0.796. The molecule has 1 unspecified atom stereocenters. The van der Waals surface area contributed by atoms with E-state index in [2.05, 4.69) is 25.7 Å². The number of rotatable bonds is 4. The summed E-state index contributed by atoms with van der Waals surface area (Å²) < 4.78 is 1.69. The van der Waals surface area contributed by atoms with Crippen molar-refractivity contribution in [2.45, 2.75) is 19.4 Å². The number of aryl methyl sites for hydroxylation is 1. The van der Waals surface area contributed by atoms with Crippen molar-refractivity contribution in [3.8, 4) is 0 Å². The van der Waals surface area contributed by atoms with E-state index in [1.165, 1.54) is 0 Å². The van der Waals surface area contributed by atoms with E-state index in [-0.39, 0.29) is 11.9 Å². The van der Waals surface area contributed by atoms with E-state index >= 15 is 0 Å². The van der Waals surface area contributed by atoms with Crippen molar-refractivity contribution < 1.29 is 4.79 Å². The normalized spacial score (nSPS) is 17.3. The molecule has 0 bridgehead atoms. The summed E-state index contributed by atoms with van der Waals surface area (Å²) in [6.45, 7) is 2.98. The van der Waals surface area contributed by atoms with Crippen LogP contribution in [0, 0.1) is 0 Å². The van der Waals surface area contributed by atoms with Gasteiger partial charge in [0.05, 0.1) is 18.1 Å². The largest absolute Gasteiger partial charge is 0.364 e. The van der Waals surface area contributed by atoms with Crippen LogP contribution in [0.3, 0.4) is 0 Å². The molecule has 0 radical (unpaired) electrons. The van der Waals surface area contributed by atoms with Crippen LogP contribution < -0.4 is 10.6 Å². The molecule has 9 heteroatoms. The minimum absolute atomic E-state index is 0.0852. The standard InChI is InChI=1S/C14H18ClN7O/c1-9(23)22-4-3-10(8-22)18-13-12(15)6-16-14(20-13)19-11-5-17-21(2)7-11/h5-7,10H,3-4,8H2,1-2H3,(H2,16,18,19,20). The number of hydrogen-bond acceptors (Lipinski definition) is 6. The second-order valence-corrected chi connectivity index (χ2v) is 5.92. The van der Waals surface area contributed by atoms with Crippen molar-refractivity contribution >= 4 is 35.0 Å². The van der Waals surface area contributed by atoms with Gasteiger partial charge in [-0.3, -0.25) is 9.48 Å². The molecule has 122 valence electrons. The third-order valence-electron chi connectivity index (χ3n) is 3.68. The van der Waals surface area contributed by atoms with Crippen LogP contribution in [0.1, 0.15) is 13.3 Å². The van der Waals surface area contributed by atoms with Crippen molar-refractivity contribution in [3.63, 3.8) is 0 Å². The molecule has 2 aromatic rings. The molecule has 8 nitrogen and oxygen atoms in total. The van der Waals surface area contributed by atoms with Crippen LogP contribution in [-0.2, 0) is 11.8 Å². The lowest BCUT2D eigenvalue weighted by molar-refractivity contribution is -0.127. The topological polar surface area (TPSA) is 88.0 Å². The predicted molar refractivity (Wildman–Crippen MR) is 87.8 cm³/mol. The quantitative estimate of drug-likeness (QED) is 0.883. The molecule has 0 saturated carbocycles. The molecular formula is C14H18ClN7O. The molecule has 0 aromatic carbocycles. The number of carbonyl (C=O) groups is 1. The van der Waals surface area contributed by atoms with Gasteiger partial charge in [0.1, 0.15) is 5.02 Å². The van der Waals surface area contributed by atoms with Crippen LogP contribution >= 0.6 is 11.6 Å². The first-order valence-corrected chi connectivity index (χ1v) is 7.69. The fourth-order valence-corrected chi connectivity index (χ4v) is 2.65. The lowest BCUT2D eigenvalue weighted by Crippen LogP contribution is -2.29. The first kappa shape index (κ1) is 15.5. The Balaban J connectivity index is 1.69. The zero-order valence-corrected chi connectivity index (χ0v) is 13.7. The number of anilines is 3. The smallest absolute Gasteiger partial charge is 0.229 e. The Morgan fingerprint density at radius 1 is 1.43 bits per heavy atom. The van der Waals surface area contributed by atoms with Gasteiger partial charge in [-0.1, -0.05) is 11.6 Å². The van der Waals surface area contributed by atoms with E-state index in [1.54, 1.807) is 24.0 Å². The summed E-state index contributed by atoms with van der Waals surface area (Å²) in [4.78, 5) is 21.8. The van der Waals surface area contributed by atoms with Gasteiger partial charge < -0.3 is 15.5 Å². The van der Waals surface area contributed by atoms with E-state index in [0.29, 0.717) is 23.3 Å². The molecule has 0 spiro atoms. The average molecular weight is 336 g/mol. The van der Waals surface area contributed by atoms with Crippen molar-refractivity contribution in [2.24, 2.45) is 7.05 Å². The molecule has 1 aliphatic heterocycles. The van der Waals surface area contributed by atoms with E-state index < -0.39 is 0 Å². The fourth-order valence-electron chi connectivity index (χ4n) is 2.50. The van der Waals surface area contributed by atoms with Gasteiger partial charge >= 0.3 is 0 Å². The van der Waals surface area contributed by atoms with Crippen LogP contribution in [0.4, 0.5) is 17.5 Å². The first-order valence-electron chi connectivity index (χ1n) is 7.31. The van der Waals surface area contributed by atoms with Crippen LogP contribution in [0.15, 0.2) is 18.6 Å². The number of nitrogens with zero attached hydrogens (tertiary/aromatic N) is 5. The molecule has 3 heterocycles. The maximum Gasteiger partial charge on any atom is 0.229 e. The Labute approximate surface area is 138 Å². The highest BCUT2D eigenvalue weighted by atomic mass is 35.5. The van der Waals surface area contributed by atoms with Gasteiger partial charge in [-0.05, 0) is 6.42 Å². The summed E-state index contributed by atoms with van der Waals surface area (Å²) >= 11 is 6.17. The average Bonchev–Trinajstić information content (AvgIpc) is 3.12. The number of amides is 1. The monoisotopic (exact) mass is 335 g/mol. The van der Waals surface area contributed by atoms with Crippen molar-refractivity contribution in [2.75, 3.05) is 23.7 Å². The summed E-state index contributed by atoms with van der Waals surface area (Å²) in [6.07, 6.45) is 5.93. The summed E-state index contributed by atoms with van der Waals surface area (Å²) in [5.74, 6) is 1.08. The predicted octanol–water partition coefficient (Wildman–Crippen LogP) is 1.64. The van der Waals surface area contributed by atoms with Crippen LogP contribution in [0.25, 0.3) is 0 Å². The molecular weight excluding hydrogens is 318 g/mol. The van der Waals surface area contributed by atoms with Crippen LogP contribution in [-0.4, -0.2) is 49.7 Å². The number of carbonyl (C=O) groups excluding carboxylic acids is 1. The lowest BCUT2D eigenvalue weighted by Gasteiger charge is -2.16. The highest BCUT2D eigenvalue weighted by molar-refractivity contribution is 6.32. The van der Waals surface area contributed by atoms with Crippen molar-refractivity contribution in [1.82, 2.24) is 24.6 Å². The van der Waals surface area contributed by atoms with Gasteiger partial charge in [0.2, 0.25) is 11.9 Å². The Kier molecular flexibility index (Phi) is 4.33. The zero-order chi connectivity index (χ0) is 16.4. The Hall–Kier alpha value is -2.35. The maximum absolute atomic E-state index is 11.4. The first-order chi connectivity index (χ1) is 11.0. The maximum atomic E-state index is 11.4. The number of likely N-dealkylation sites (tertiary alicyclic amines) is 1. The minimum atomic E-state index is 0.0852. The molecule has 3 rings (SSSR count). The third-order valence-corrected chi connectivity index (χ3v) is 3.96. The lowest BCUT2D eigenvalue weighted by atomic mass is 10.2. The van der Waals surface area contributed by atoms with Gasteiger partial charge in [0, 0.05) is 39.3 Å². The van der Waals surface area contributed by atoms with E-state index in [9.17, 15) is 4.79 Å². The van der Waals surface area contributed by atoms with Gasteiger partial charge in [0.25, 0.3) is 0 Å². The molecule has 23 heavy (non-hydrogen) atoms. The van der Waals surface area contributed by atoms with Crippen molar-refractivity contribution in [3.05, 3.63) is 23.6 Å². The van der Waals surface area contributed by atoms with Gasteiger partial charge in [0.15, 0.2) is 5.82 Å². The highest BCUT2D eigenvalue weighted by Crippen LogP contribution is 2.23. The molecule has 1 saturated heterocycles. The van der Waals surface area contributed by atoms with E-state index in [0.717, 1.165) is 18.7 Å². The number of hydrogen-bond donors (Lipinski definition) is 2. The Morgan fingerprint density at radius 3 is 2.91 bits per heavy atom. The SMILES string of the molecule is CC(=O)N1CCC(Nc2nc(Nc3cnn(C)c3)ncc2Cl)C1. The fraction of sp³-hybridized carbons (Fsp3) is 0.429. The summed E-state index contributed by atoms with van der Waals surface area (Å²) in [5, 5.41) is 10.9. The van der Waals surface area contributed by atoms with Gasteiger partial charge in [-0.2, -0.15) is 10.1 Å². The van der Waals surface area contributed by atoms with Crippen LogP contribution in [0.5, 0.6) is 0 Å². The number of nitrogens with one attached hydrogen (secondary N) is 2. The molecule has 1 fully saturated rings. The second-order valence-electron chi connectivity index (χ2n) is 5.51. The molecule has 2 aromatic heterocycles. The number of halogens is 1.